The molecule has 0 bridgehead atoms. The van der Waals surface area contributed by atoms with E-state index >= 15 is 0 Å². The minimum Gasteiger partial charge on any atom is -0.354 e. The van der Waals surface area contributed by atoms with Crippen molar-refractivity contribution in [2.24, 2.45) is 0 Å². The van der Waals surface area contributed by atoms with E-state index in [0.29, 0.717) is 6.42 Å². The summed E-state index contributed by atoms with van der Waals surface area (Å²) in [4.78, 5) is 2.26. The highest BCUT2D eigenvalue weighted by atomic mass is 32.2. The lowest BCUT2D eigenvalue weighted by Gasteiger charge is -2.20. The third kappa shape index (κ3) is 2.36. The molecule has 0 spiro atoms. The predicted molar refractivity (Wildman–Crippen MR) is 74.2 cm³/mol. The van der Waals surface area contributed by atoms with Crippen molar-refractivity contribution in [1.82, 2.24) is 15.5 Å². The third-order valence-corrected chi connectivity index (χ3v) is 5.52. The van der Waals surface area contributed by atoms with E-state index in [1.807, 2.05) is 0 Å². The van der Waals surface area contributed by atoms with Crippen LogP contribution in [0, 0.1) is 0 Å². The molecule has 0 aromatic carbocycles. The lowest BCUT2D eigenvalue weighted by Crippen LogP contribution is -2.28. The van der Waals surface area contributed by atoms with Gasteiger partial charge in [-0.1, -0.05) is 0 Å². The van der Waals surface area contributed by atoms with Crippen LogP contribution in [0.4, 0.5) is 5.82 Å². The summed E-state index contributed by atoms with van der Waals surface area (Å²) in [7, 11) is -3.04. The zero-order chi connectivity index (χ0) is 13.5. The number of hydrogen-bond donors (Lipinski definition) is 2. The first-order valence-electron chi connectivity index (χ1n) is 6.79. The Morgan fingerprint density at radius 3 is 2.95 bits per heavy atom. The molecular formula is C12H20N4O2S. The van der Waals surface area contributed by atoms with Crippen LogP contribution in [0.5, 0.6) is 0 Å². The third-order valence-electron chi connectivity index (χ3n) is 4.01. The molecule has 106 valence electrons. The number of nitrogens with one attached hydrogen (secondary N) is 2. The Labute approximate surface area is 113 Å². The Morgan fingerprint density at radius 1 is 1.32 bits per heavy atom. The van der Waals surface area contributed by atoms with Crippen LogP contribution >= 0.6 is 0 Å². The van der Waals surface area contributed by atoms with Gasteiger partial charge >= 0.3 is 0 Å². The summed E-state index contributed by atoms with van der Waals surface area (Å²) in [5.74, 6) is 0.963. The molecule has 1 saturated heterocycles. The van der Waals surface area contributed by atoms with Crippen molar-refractivity contribution in [1.29, 1.82) is 0 Å². The Hall–Kier alpha value is -1.08. The molecule has 1 aliphatic carbocycles. The molecular weight excluding hydrogens is 264 g/mol. The van der Waals surface area contributed by atoms with Crippen molar-refractivity contribution in [2.75, 3.05) is 37.3 Å². The Balaban J connectivity index is 1.90. The van der Waals surface area contributed by atoms with Crippen LogP contribution in [0.25, 0.3) is 0 Å². The summed E-state index contributed by atoms with van der Waals surface area (Å²) < 4.78 is 23.5. The van der Waals surface area contributed by atoms with Gasteiger partial charge in [0, 0.05) is 31.5 Å². The molecule has 1 fully saturated rings. The highest BCUT2D eigenvalue weighted by Crippen LogP contribution is 2.39. The first-order valence-corrected chi connectivity index (χ1v) is 8.74. The zero-order valence-corrected chi connectivity index (χ0v) is 12.0. The number of anilines is 1. The molecule has 2 aliphatic rings. The maximum atomic E-state index is 11.8. The molecule has 1 aromatic rings. The monoisotopic (exact) mass is 284 g/mol. The number of sulfone groups is 1. The van der Waals surface area contributed by atoms with E-state index in [9.17, 15) is 8.42 Å². The highest BCUT2D eigenvalue weighted by Gasteiger charge is 2.35. The van der Waals surface area contributed by atoms with E-state index < -0.39 is 15.1 Å². The van der Waals surface area contributed by atoms with Crippen LogP contribution in [0.1, 0.15) is 29.3 Å². The van der Waals surface area contributed by atoms with Crippen LogP contribution in [-0.2, 0) is 16.3 Å². The van der Waals surface area contributed by atoms with Crippen molar-refractivity contribution < 1.29 is 8.42 Å². The molecule has 1 unspecified atom stereocenters. The number of hydrogen-bond acceptors (Lipinski definition) is 5. The molecule has 0 amide bonds. The minimum absolute atomic E-state index is 0.395. The van der Waals surface area contributed by atoms with E-state index in [1.165, 1.54) is 6.26 Å². The minimum atomic E-state index is -3.04. The number of fused-ring (bicyclic) bond motifs is 1. The fraction of sp³-hybridized carbons (Fsp3) is 0.750. The quantitative estimate of drug-likeness (QED) is 0.813. The standard InChI is InChI=1S/C12H20N4O2S/c1-19(17,18)10-4-3-9-11(10)14-15-12(9)16-7-2-5-13-6-8-16/h10,13H,2-8H2,1H3,(H,14,15). The molecule has 1 aliphatic heterocycles. The van der Waals surface area contributed by atoms with E-state index in [-0.39, 0.29) is 0 Å². The van der Waals surface area contributed by atoms with Crippen LogP contribution in [-0.4, -0.2) is 51.0 Å². The zero-order valence-electron chi connectivity index (χ0n) is 11.1. The second-order valence-corrected chi connectivity index (χ2v) is 7.61. The SMILES string of the molecule is CS(=O)(=O)C1CCc2c(N3CCCNCC3)n[nH]c21. The molecule has 19 heavy (non-hydrogen) atoms. The second-order valence-electron chi connectivity index (χ2n) is 5.39. The Morgan fingerprint density at radius 2 is 2.16 bits per heavy atom. The van der Waals surface area contributed by atoms with Crippen molar-refractivity contribution in [3.63, 3.8) is 0 Å². The lowest BCUT2D eigenvalue weighted by molar-refractivity contribution is 0.584. The van der Waals surface area contributed by atoms with Gasteiger partial charge in [0.05, 0.1) is 5.69 Å². The summed E-state index contributed by atoms with van der Waals surface area (Å²) in [6.45, 7) is 3.90. The molecule has 2 heterocycles. The van der Waals surface area contributed by atoms with Gasteiger partial charge < -0.3 is 10.2 Å². The molecule has 6 nitrogen and oxygen atoms in total. The first-order chi connectivity index (χ1) is 9.07. The summed E-state index contributed by atoms with van der Waals surface area (Å²) in [6, 6.07) is 0. The molecule has 1 atom stereocenters. The topological polar surface area (TPSA) is 78.1 Å². The Kier molecular flexibility index (Phi) is 3.26. The average molecular weight is 284 g/mol. The van der Waals surface area contributed by atoms with Gasteiger partial charge in [-0.15, -0.1) is 0 Å². The summed E-state index contributed by atoms with van der Waals surface area (Å²) >= 11 is 0. The largest absolute Gasteiger partial charge is 0.354 e. The molecule has 7 heteroatoms. The lowest BCUT2D eigenvalue weighted by atomic mass is 10.2. The molecule has 1 aromatic heterocycles. The van der Waals surface area contributed by atoms with Crippen molar-refractivity contribution in [2.45, 2.75) is 24.5 Å². The fourth-order valence-electron chi connectivity index (χ4n) is 3.05. The van der Waals surface area contributed by atoms with E-state index in [2.05, 4.69) is 20.4 Å². The van der Waals surface area contributed by atoms with Crippen molar-refractivity contribution in [3.8, 4) is 0 Å². The summed E-state index contributed by atoms with van der Waals surface area (Å²) in [5.41, 5.74) is 1.92. The number of aromatic amines is 1. The van der Waals surface area contributed by atoms with Gasteiger partial charge in [0.2, 0.25) is 0 Å². The van der Waals surface area contributed by atoms with Gasteiger partial charge in [0.25, 0.3) is 0 Å². The van der Waals surface area contributed by atoms with E-state index in [1.54, 1.807) is 0 Å². The number of nitrogens with zero attached hydrogens (tertiary/aromatic N) is 2. The van der Waals surface area contributed by atoms with Gasteiger partial charge in [-0.25, -0.2) is 8.42 Å². The average Bonchev–Trinajstić information content (AvgIpc) is 2.81. The first kappa shape index (κ1) is 12.9. The molecule has 3 rings (SSSR count). The Bertz CT molecular complexity index is 558. The van der Waals surface area contributed by atoms with Crippen LogP contribution < -0.4 is 10.2 Å². The summed E-state index contributed by atoms with van der Waals surface area (Å²) in [6.07, 6.45) is 3.89. The smallest absolute Gasteiger partial charge is 0.156 e. The second kappa shape index (κ2) is 4.79. The predicted octanol–water partition coefficient (Wildman–Crippen LogP) is 0.241. The van der Waals surface area contributed by atoms with Crippen LogP contribution in [0.2, 0.25) is 0 Å². The molecule has 2 N–H and O–H groups in total. The number of aromatic nitrogens is 2. The van der Waals surface area contributed by atoms with Crippen molar-refractivity contribution >= 4 is 15.7 Å². The normalized spacial score (nSPS) is 24.3. The van der Waals surface area contributed by atoms with Gasteiger partial charge in [-0.05, 0) is 25.8 Å². The van der Waals surface area contributed by atoms with Crippen LogP contribution in [0.3, 0.4) is 0 Å². The van der Waals surface area contributed by atoms with E-state index in [4.69, 9.17) is 0 Å². The van der Waals surface area contributed by atoms with Crippen LogP contribution in [0.15, 0.2) is 0 Å². The van der Waals surface area contributed by atoms with Gasteiger partial charge in [0.15, 0.2) is 15.7 Å². The molecule has 0 radical (unpaired) electrons. The maximum Gasteiger partial charge on any atom is 0.156 e. The summed E-state index contributed by atoms with van der Waals surface area (Å²) in [5, 5.41) is 10.3. The van der Waals surface area contributed by atoms with Gasteiger partial charge in [-0.2, -0.15) is 5.10 Å². The fourth-order valence-corrected chi connectivity index (χ4v) is 4.22. The number of H-pyrrole nitrogens is 1. The number of rotatable bonds is 2. The van der Waals surface area contributed by atoms with Gasteiger partial charge in [0.1, 0.15) is 5.25 Å². The molecule has 0 saturated carbocycles. The van der Waals surface area contributed by atoms with E-state index in [0.717, 1.165) is 56.1 Å². The maximum absolute atomic E-state index is 11.8. The van der Waals surface area contributed by atoms with Crippen molar-refractivity contribution in [3.05, 3.63) is 11.3 Å². The highest BCUT2D eigenvalue weighted by molar-refractivity contribution is 7.90. The van der Waals surface area contributed by atoms with Gasteiger partial charge in [-0.3, -0.25) is 5.10 Å².